The molecule has 17 heavy (non-hydrogen) atoms. The molecule has 3 heteroatoms. The van der Waals surface area contributed by atoms with Crippen molar-refractivity contribution in [1.29, 1.82) is 0 Å². The summed E-state index contributed by atoms with van der Waals surface area (Å²) in [4.78, 5) is 0. The zero-order valence-electron chi connectivity index (χ0n) is 9.58. The standard InChI is InChI=1S/C14H15BO2/c16-15(17)14-9-5-4-8-13(14)11-10-12-6-2-1-3-7-12/h1-9,16-17H,10-11H2. The second kappa shape index (κ2) is 5.66. The molecule has 2 aromatic carbocycles. The molecule has 2 aromatic rings. The lowest BCUT2D eigenvalue weighted by molar-refractivity contribution is 0.425. The summed E-state index contributed by atoms with van der Waals surface area (Å²) in [6.07, 6.45) is 1.72. The fourth-order valence-electron chi connectivity index (χ4n) is 1.94. The van der Waals surface area contributed by atoms with Crippen molar-refractivity contribution in [3.63, 3.8) is 0 Å². The SMILES string of the molecule is OB(O)c1ccccc1CCc1ccccc1. The molecule has 2 N–H and O–H groups in total. The minimum atomic E-state index is -1.39. The molecule has 0 atom stereocenters. The summed E-state index contributed by atoms with van der Waals surface area (Å²) < 4.78 is 0. The molecule has 0 saturated carbocycles. The van der Waals surface area contributed by atoms with Gasteiger partial charge in [0.05, 0.1) is 0 Å². The minimum Gasteiger partial charge on any atom is -0.423 e. The Labute approximate surface area is 102 Å². The Hall–Kier alpha value is -1.58. The highest BCUT2D eigenvalue weighted by molar-refractivity contribution is 6.59. The van der Waals surface area contributed by atoms with Crippen LogP contribution < -0.4 is 5.46 Å². The summed E-state index contributed by atoms with van der Waals surface area (Å²) in [7, 11) is -1.39. The quantitative estimate of drug-likeness (QED) is 0.768. The van der Waals surface area contributed by atoms with Gasteiger partial charge in [-0.05, 0) is 29.4 Å². The third-order valence-electron chi connectivity index (χ3n) is 2.86. The number of aryl methyl sites for hydroxylation is 2. The van der Waals surface area contributed by atoms with Gasteiger partial charge in [-0.3, -0.25) is 0 Å². The lowest BCUT2D eigenvalue weighted by Gasteiger charge is -2.08. The Kier molecular flexibility index (Phi) is 3.96. The summed E-state index contributed by atoms with van der Waals surface area (Å²) in [6.45, 7) is 0. The van der Waals surface area contributed by atoms with Gasteiger partial charge in [-0.2, -0.15) is 0 Å². The Morgan fingerprint density at radius 3 is 2.12 bits per heavy atom. The maximum absolute atomic E-state index is 9.26. The maximum atomic E-state index is 9.26. The van der Waals surface area contributed by atoms with Crippen LogP contribution in [0.15, 0.2) is 54.6 Å². The normalized spacial score (nSPS) is 10.2. The molecule has 0 saturated heterocycles. The van der Waals surface area contributed by atoms with Gasteiger partial charge >= 0.3 is 7.12 Å². The van der Waals surface area contributed by atoms with E-state index < -0.39 is 7.12 Å². The first kappa shape index (κ1) is 11.9. The van der Waals surface area contributed by atoms with Gasteiger partial charge in [-0.15, -0.1) is 0 Å². The van der Waals surface area contributed by atoms with Crippen molar-refractivity contribution in [2.75, 3.05) is 0 Å². The van der Waals surface area contributed by atoms with Crippen molar-refractivity contribution in [2.24, 2.45) is 0 Å². The molecule has 86 valence electrons. The van der Waals surface area contributed by atoms with E-state index in [9.17, 15) is 10.0 Å². The fourth-order valence-corrected chi connectivity index (χ4v) is 1.94. The number of hydrogen-bond donors (Lipinski definition) is 2. The average molecular weight is 226 g/mol. The summed E-state index contributed by atoms with van der Waals surface area (Å²) in [5.41, 5.74) is 2.85. The van der Waals surface area contributed by atoms with Crippen LogP contribution in [0.1, 0.15) is 11.1 Å². The Morgan fingerprint density at radius 2 is 1.41 bits per heavy atom. The highest BCUT2D eigenvalue weighted by atomic mass is 16.4. The smallest absolute Gasteiger partial charge is 0.423 e. The first-order valence-electron chi connectivity index (χ1n) is 5.75. The summed E-state index contributed by atoms with van der Waals surface area (Å²) in [5.74, 6) is 0. The van der Waals surface area contributed by atoms with E-state index in [-0.39, 0.29) is 0 Å². The number of benzene rings is 2. The van der Waals surface area contributed by atoms with E-state index in [1.807, 2.05) is 36.4 Å². The fraction of sp³-hybridized carbons (Fsp3) is 0.143. The molecule has 0 aliphatic rings. The van der Waals surface area contributed by atoms with Gasteiger partial charge in [0.2, 0.25) is 0 Å². The van der Waals surface area contributed by atoms with Crippen LogP contribution >= 0.6 is 0 Å². The molecule has 2 nitrogen and oxygen atoms in total. The molecule has 0 aromatic heterocycles. The van der Waals surface area contributed by atoms with Gasteiger partial charge in [-0.1, -0.05) is 54.6 Å². The van der Waals surface area contributed by atoms with Crippen molar-refractivity contribution in [1.82, 2.24) is 0 Å². The van der Waals surface area contributed by atoms with E-state index in [0.29, 0.717) is 5.46 Å². The van der Waals surface area contributed by atoms with Crippen molar-refractivity contribution < 1.29 is 10.0 Å². The molecule has 0 aliphatic carbocycles. The first-order chi connectivity index (χ1) is 8.27. The third kappa shape index (κ3) is 3.19. The summed E-state index contributed by atoms with van der Waals surface area (Å²) in [5, 5.41) is 18.5. The highest BCUT2D eigenvalue weighted by Gasteiger charge is 2.14. The molecule has 0 amide bonds. The van der Waals surface area contributed by atoms with Gasteiger partial charge in [0.25, 0.3) is 0 Å². The van der Waals surface area contributed by atoms with E-state index in [0.717, 1.165) is 18.4 Å². The third-order valence-corrected chi connectivity index (χ3v) is 2.86. The molecule has 0 fully saturated rings. The van der Waals surface area contributed by atoms with Crippen LogP contribution in [0.3, 0.4) is 0 Å². The van der Waals surface area contributed by atoms with Crippen LogP contribution in [0, 0.1) is 0 Å². The molecule has 0 radical (unpaired) electrons. The molecular formula is C14H15BO2. The average Bonchev–Trinajstić information content (AvgIpc) is 2.38. The van der Waals surface area contributed by atoms with E-state index in [1.165, 1.54) is 5.56 Å². The van der Waals surface area contributed by atoms with Gasteiger partial charge in [0.15, 0.2) is 0 Å². The summed E-state index contributed by atoms with van der Waals surface area (Å²) in [6, 6.07) is 17.6. The molecule has 0 spiro atoms. The predicted octanol–water partition coefficient (Wildman–Crippen LogP) is 1.15. The second-order valence-corrected chi connectivity index (χ2v) is 4.06. The van der Waals surface area contributed by atoms with Gasteiger partial charge in [-0.25, -0.2) is 0 Å². The van der Waals surface area contributed by atoms with Crippen LogP contribution in [0.2, 0.25) is 0 Å². The molecule has 0 unspecified atom stereocenters. The van der Waals surface area contributed by atoms with Crippen LogP contribution in [-0.2, 0) is 12.8 Å². The van der Waals surface area contributed by atoms with Crippen LogP contribution in [-0.4, -0.2) is 17.2 Å². The van der Waals surface area contributed by atoms with Crippen molar-refractivity contribution in [2.45, 2.75) is 12.8 Å². The maximum Gasteiger partial charge on any atom is 0.488 e. The minimum absolute atomic E-state index is 0.600. The monoisotopic (exact) mass is 226 g/mol. The molecule has 0 bridgehead atoms. The van der Waals surface area contributed by atoms with Gasteiger partial charge in [0.1, 0.15) is 0 Å². The van der Waals surface area contributed by atoms with Crippen molar-refractivity contribution in [3.8, 4) is 0 Å². The number of hydrogen-bond acceptors (Lipinski definition) is 2. The van der Waals surface area contributed by atoms with Gasteiger partial charge in [0, 0.05) is 0 Å². The Bertz CT molecular complexity index is 469. The van der Waals surface area contributed by atoms with Crippen molar-refractivity contribution >= 4 is 12.6 Å². The highest BCUT2D eigenvalue weighted by Crippen LogP contribution is 2.06. The largest absolute Gasteiger partial charge is 0.488 e. The van der Waals surface area contributed by atoms with E-state index in [4.69, 9.17) is 0 Å². The lowest BCUT2D eigenvalue weighted by Crippen LogP contribution is -2.33. The predicted molar refractivity (Wildman–Crippen MR) is 70.1 cm³/mol. The topological polar surface area (TPSA) is 40.5 Å². The zero-order chi connectivity index (χ0) is 12.1. The Balaban J connectivity index is 2.09. The molecule has 2 rings (SSSR count). The summed E-state index contributed by atoms with van der Waals surface area (Å²) >= 11 is 0. The lowest BCUT2D eigenvalue weighted by atomic mass is 9.76. The van der Waals surface area contributed by atoms with E-state index in [2.05, 4.69) is 12.1 Å². The van der Waals surface area contributed by atoms with E-state index >= 15 is 0 Å². The van der Waals surface area contributed by atoms with Crippen molar-refractivity contribution in [3.05, 3.63) is 65.7 Å². The first-order valence-corrected chi connectivity index (χ1v) is 5.75. The molecular weight excluding hydrogens is 211 g/mol. The molecule has 0 aliphatic heterocycles. The van der Waals surface area contributed by atoms with Gasteiger partial charge < -0.3 is 10.0 Å². The Morgan fingerprint density at radius 1 is 0.765 bits per heavy atom. The van der Waals surface area contributed by atoms with Crippen LogP contribution in [0.5, 0.6) is 0 Å². The van der Waals surface area contributed by atoms with Crippen LogP contribution in [0.25, 0.3) is 0 Å². The van der Waals surface area contributed by atoms with Crippen LogP contribution in [0.4, 0.5) is 0 Å². The number of rotatable bonds is 4. The molecule has 0 heterocycles. The zero-order valence-corrected chi connectivity index (χ0v) is 9.58. The second-order valence-electron chi connectivity index (χ2n) is 4.06. The van der Waals surface area contributed by atoms with E-state index in [1.54, 1.807) is 6.07 Å².